The van der Waals surface area contributed by atoms with Gasteiger partial charge in [-0.15, -0.1) is 24.0 Å². The number of hydrogen-bond donors (Lipinski definition) is 2. The van der Waals surface area contributed by atoms with Gasteiger partial charge < -0.3 is 20.1 Å². The van der Waals surface area contributed by atoms with Crippen molar-refractivity contribution in [3.63, 3.8) is 0 Å². The Kier molecular flexibility index (Phi) is 10.7. The molecule has 0 amide bonds. The van der Waals surface area contributed by atoms with Crippen molar-refractivity contribution in [3.8, 4) is 5.75 Å². The van der Waals surface area contributed by atoms with Gasteiger partial charge in [-0.2, -0.15) is 0 Å². The summed E-state index contributed by atoms with van der Waals surface area (Å²) in [6.07, 6.45) is 6.50. The van der Waals surface area contributed by atoms with Crippen LogP contribution in [0.2, 0.25) is 0 Å². The van der Waals surface area contributed by atoms with Gasteiger partial charge in [-0.1, -0.05) is 44.4 Å². The first-order valence-corrected chi connectivity index (χ1v) is 11.1. The molecule has 0 spiro atoms. The first kappa shape index (κ1) is 25.2. The molecule has 1 unspecified atom stereocenters. The smallest absolute Gasteiger partial charge is 0.191 e. The molecule has 1 heterocycles. The van der Waals surface area contributed by atoms with Gasteiger partial charge in [0.1, 0.15) is 5.75 Å². The maximum atomic E-state index is 5.60. The van der Waals surface area contributed by atoms with Gasteiger partial charge in [-0.05, 0) is 24.5 Å². The minimum atomic E-state index is 0. The van der Waals surface area contributed by atoms with E-state index in [0.29, 0.717) is 5.92 Å². The average molecular weight is 530 g/mol. The molecule has 1 atom stereocenters. The van der Waals surface area contributed by atoms with Gasteiger partial charge in [0.25, 0.3) is 0 Å². The first-order chi connectivity index (χ1) is 14.2. The summed E-state index contributed by atoms with van der Waals surface area (Å²) < 4.78 is 11.1. The van der Waals surface area contributed by atoms with Crippen molar-refractivity contribution in [2.24, 2.45) is 4.99 Å². The fourth-order valence-corrected chi connectivity index (χ4v) is 4.75. The van der Waals surface area contributed by atoms with Gasteiger partial charge in [0.05, 0.1) is 20.3 Å². The van der Waals surface area contributed by atoms with Crippen LogP contribution in [0.1, 0.15) is 50.5 Å². The quantitative estimate of drug-likeness (QED) is 0.321. The van der Waals surface area contributed by atoms with E-state index < -0.39 is 0 Å². The molecule has 1 saturated carbocycles. The van der Waals surface area contributed by atoms with E-state index in [1.54, 1.807) is 7.11 Å². The highest BCUT2D eigenvalue weighted by atomic mass is 127. The molecule has 1 saturated heterocycles. The second kappa shape index (κ2) is 12.7. The summed E-state index contributed by atoms with van der Waals surface area (Å²) in [5.74, 6) is 2.15. The second-order valence-electron chi connectivity index (χ2n) is 8.33. The lowest BCUT2D eigenvalue weighted by atomic mass is 9.80. The van der Waals surface area contributed by atoms with Crippen molar-refractivity contribution in [1.82, 2.24) is 15.5 Å². The van der Waals surface area contributed by atoms with E-state index in [2.05, 4.69) is 39.6 Å². The largest absolute Gasteiger partial charge is 0.496 e. The SMILES string of the molecule is CN=C(NCC(C)c1ccccc1OC)NCC1(N2CCOCC2)CCCCC1.I. The highest BCUT2D eigenvalue weighted by Gasteiger charge is 2.38. The Morgan fingerprint density at radius 3 is 2.53 bits per heavy atom. The third-order valence-electron chi connectivity index (χ3n) is 6.52. The van der Waals surface area contributed by atoms with Crippen LogP contribution in [0.25, 0.3) is 0 Å². The predicted molar refractivity (Wildman–Crippen MR) is 134 cm³/mol. The summed E-state index contributed by atoms with van der Waals surface area (Å²) in [6.45, 7) is 7.75. The number of halogens is 1. The Morgan fingerprint density at radius 1 is 1.17 bits per heavy atom. The topological polar surface area (TPSA) is 58.1 Å². The Morgan fingerprint density at radius 2 is 1.87 bits per heavy atom. The highest BCUT2D eigenvalue weighted by Crippen LogP contribution is 2.34. The molecule has 0 aromatic heterocycles. The Bertz CT molecular complexity index is 658. The lowest BCUT2D eigenvalue weighted by Gasteiger charge is -2.48. The maximum Gasteiger partial charge on any atom is 0.191 e. The molecule has 0 radical (unpaired) electrons. The molecule has 3 rings (SSSR count). The summed E-state index contributed by atoms with van der Waals surface area (Å²) in [4.78, 5) is 7.14. The number of morpholine rings is 1. The molecule has 0 bridgehead atoms. The molecule has 7 heteroatoms. The summed E-state index contributed by atoms with van der Waals surface area (Å²) >= 11 is 0. The summed E-state index contributed by atoms with van der Waals surface area (Å²) in [5.41, 5.74) is 1.45. The molecule has 6 nitrogen and oxygen atoms in total. The first-order valence-electron chi connectivity index (χ1n) is 11.1. The molecular formula is C23H39IN4O2. The van der Waals surface area contributed by atoms with E-state index in [9.17, 15) is 0 Å². The molecular weight excluding hydrogens is 491 g/mol. The number of aliphatic imine (C=N–C) groups is 1. The Balaban J connectivity index is 0.00000320. The average Bonchev–Trinajstić information content (AvgIpc) is 2.80. The van der Waals surface area contributed by atoms with Crippen LogP contribution in [0.5, 0.6) is 5.75 Å². The monoisotopic (exact) mass is 530 g/mol. The standard InChI is InChI=1S/C23H38N4O2.HI/c1-19(20-9-5-6-10-21(20)28-3)17-25-22(24-2)26-18-23(11-7-4-8-12-23)27-13-15-29-16-14-27;/h5-6,9-10,19H,4,7-8,11-18H2,1-3H3,(H2,24,25,26);1H. The van der Waals surface area contributed by atoms with Crippen LogP contribution < -0.4 is 15.4 Å². The van der Waals surface area contributed by atoms with Gasteiger partial charge in [-0.3, -0.25) is 9.89 Å². The predicted octanol–water partition coefficient (Wildman–Crippen LogP) is 3.62. The van der Waals surface area contributed by atoms with Crippen molar-refractivity contribution < 1.29 is 9.47 Å². The van der Waals surface area contributed by atoms with Crippen LogP contribution in [-0.4, -0.2) is 69.9 Å². The van der Waals surface area contributed by atoms with Gasteiger partial charge in [0, 0.05) is 44.7 Å². The maximum absolute atomic E-state index is 5.60. The minimum Gasteiger partial charge on any atom is -0.496 e. The second-order valence-corrected chi connectivity index (χ2v) is 8.33. The van der Waals surface area contributed by atoms with Crippen molar-refractivity contribution in [1.29, 1.82) is 0 Å². The van der Waals surface area contributed by atoms with Crippen LogP contribution in [0.4, 0.5) is 0 Å². The normalized spacial score (nSPS) is 20.7. The summed E-state index contributed by atoms with van der Waals surface area (Å²) in [5, 5.41) is 7.16. The molecule has 2 N–H and O–H groups in total. The molecule has 2 aliphatic rings. The molecule has 30 heavy (non-hydrogen) atoms. The van der Waals surface area contributed by atoms with Gasteiger partial charge in [0.2, 0.25) is 0 Å². The molecule has 1 aromatic rings. The number of benzene rings is 1. The molecule has 170 valence electrons. The fraction of sp³-hybridized carbons (Fsp3) is 0.696. The van der Waals surface area contributed by atoms with Crippen LogP contribution in [0, 0.1) is 0 Å². The molecule has 1 aromatic carbocycles. The van der Waals surface area contributed by atoms with Crippen molar-refractivity contribution in [3.05, 3.63) is 29.8 Å². The van der Waals surface area contributed by atoms with E-state index in [1.807, 2.05) is 19.2 Å². The zero-order chi connectivity index (χ0) is 20.5. The van der Waals surface area contributed by atoms with E-state index >= 15 is 0 Å². The van der Waals surface area contributed by atoms with Crippen molar-refractivity contribution >= 4 is 29.9 Å². The minimum absolute atomic E-state index is 0. The number of guanidine groups is 1. The van der Waals surface area contributed by atoms with E-state index in [1.165, 1.54) is 37.7 Å². The number of nitrogens with zero attached hydrogens (tertiary/aromatic N) is 2. The Hall–Kier alpha value is -1.06. The van der Waals surface area contributed by atoms with Crippen LogP contribution in [0.3, 0.4) is 0 Å². The lowest BCUT2D eigenvalue weighted by Crippen LogP contribution is -2.60. The van der Waals surface area contributed by atoms with E-state index in [4.69, 9.17) is 9.47 Å². The van der Waals surface area contributed by atoms with E-state index in [-0.39, 0.29) is 29.5 Å². The summed E-state index contributed by atoms with van der Waals surface area (Å²) in [7, 11) is 3.58. The third kappa shape index (κ3) is 6.47. The fourth-order valence-electron chi connectivity index (χ4n) is 4.75. The number of nitrogens with one attached hydrogen (secondary N) is 2. The van der Waals surface area contributed by atoms with Crippen molar-refractivity contribution in [2.45, 2.75) is 50.5 Å². The highest BCUT2D eigenvalue weighted by molar-refractivity contribution is 14.0. The van der Waals surface area contributed by atoms with Crippen LogP contribution in [0.15, 0.2) is 29.3 Å². The van der Waals surface area contributed by atoms with Gasteiger partial charge >= 0.3 is 0 Å². The molecule has 1 aliphatic carbocycles. The van der Waals surface area contributed by atoms with Gasteiger partial charge in [0.15, 0.2) is 5.96 Å². The number of hydrogen-bond acceptors (Lipinski definition) is 4. The number of methoxy groups -OCH3 is 1. The number of para-hydroxylation sites is 1. The van der Waals surface area contributed by atoms with Crippen LogP contribution in [-0.2, 0) is 4.74 Å². The number of ether oxygens (including phenoxy) is 2. The lowest BCUT2D eigenvalue weighted by molar-refractivity contribution is -0.0352. The van der Waals surface area contributed by atoms with Crippen LogP contribution >= 0.6 is 24.0 Å². The van der Waals surface area contributed by atoms with Gasteiger partial charge in [-0.25, -0.2) is 0 Å². The zero-order valence-electron chi connectivity index (χ0n) is 18.8. The molecule has 1 aliphatic heterocycles. The van der Waals surface area contributed by atoms with Crippen molar-refractivity contribution in [2.75, 3.05) is 53.6 Å². The van der Waals surface area contributed by atoms with E-state index in [0.717, 1.165) is 51.1 Å². The summed E-state index contributed by atoms with van der Waals surface area (Å²) in [6, 6.07) is 8.24. The molecule has 2 fully saturated rings. The third-order valence-corrected chi connectivity index (χ3v) is 6.52. The Labute approximate surface area is 199 Å². The number of rotatable bonds is 7. The zero-order valence-corrected chi connectivity index (χ0v) is 21.1.